The summed E-state index contributed by atoms with van der Waals surface area (Å²) in [7, 11) is 1.47. The molecule has 0 spiro atoms. The molecule has 1 N–H and O–H groups in total. The van der Waals surface area contributed by atoms with Gasteiger partial charge in [-0.3, -0.25) is 4.79 Å². The number of hydrogen-bond acceptors (Lipinski definition) is 3. The lowest BCUT2D eigenvalue weighted by atomic mass is 10.1. The molecule has 0 bridgehead atoms. The normalized spacial score (nSPS) is 10.5. The zero-order chi connectivity index (χ0) is 13.8. The summed E-state index contributed by atoms with van der Waals surface area (Å²) in [4.78, 5) is 18.5. The minimum Gasteiger partial charge on any atom is -0.497 e. The van der Waals surface area contributed by atoms with Gasteiger partial charge in [-0.25, -0.2) is 9.37 Å². The van der Waals surface area contributed by atoms with E-state index in [0.717, 1.165) is 6.42 Å². The second kappa shape index (κ2) is 5.65. The maximum absolute atomic E-state index is 13.9. The average Bonchev–Trinajstić information content (AvgIpc) is 2.38. The largest absolute Gasteiger partial charge is 0.497 e. The summed E-state index contributed by atoms with van der Waals surface area (Å²) in [6, 6.07) is 5.77. The van der Waals surface area contributed by atoms with Gasteiger partial charge in [0.05, 0.1) is 12.8 Å². The van der Waals surface area contributed by atoms with Crippen LogP contribution in [0.4, 0.5) is 4.39 Å². The van der Waals surface area contributed by atoms with Gasteiger partial charge in [-0.05, 0) is 18.6 Å². The number of nitrogens with one attached hydrogen (secondary N) is 1. The first-order chi connectivity index (χ1) is 9.13. The minimum atomic E-state index is -0.458. The molecule has 0 aliphatic heterocycles. The molecule has 0 unspecified atom stereocenters. The smallest absolute Gasteiger partial charge is 0.251 e. The van der Waals surface area contributed by atoms with E-state index in [1.807, 2.05) is 6.92 Å². The van der Waals surface area contributed by atoms with E-state index in [0.29, 0.717) is 29.3 Å². The van der Waals surface area contributed by atoms with Crippen LogP contribution in [0.25, 0.3) is 11.3 Å². The Morgan fingerprint density at radius 3 is 2.79 bits per heavy atom. The lowest BCUT2D eigenvalue weighted by Gasteiger charge is -2.06. The maximum atomic E-state index is 13.9. The number of benzene rings is 1. The number of aromatic amines is 1. The van der Waals surface area contributed by atoms with Crippen molar-refractivity contribution in [2.45, 2.75) is 19.8 Å². The predicted molar refractivity (Wildman–Crippen MR) is 70.8 cm³/mol. The Labute approximate surface area is 110 Å². The number of rotatable bonds is 4. The zero-order valence-electron chi connectivity index (χ0n) is 10.9. The molecule has 1 aromatic carbocycles. The molecule has 0 atom stereocenters. The number of methoxy groups -OCH3 is 1. The highest BCUT2D eigenvalue weighted by atomic mass is 19.1. The van der Waals surface area contributed by atoms with E-state index in [1.54, 1.807) is 12.1 Å². The second-order valence-corrected chi connectivity index (χ2v) is 4.17. The number of ether oxygens (including phenoxy) is 1. The average molecular weight is 262 g/mol. The SMILES string of the molecule is CCCc1nc(-c2ccc(OC)cc2F)cc(=O)[nH]1. The third kappa shape index (κ3) is 2.99. The first-order valence-electron chi connectivity index (χ1n) is 6.08. The fraction of sp³-hybridized carbons (Fsp3) is 0.286. The van der Waals surface area contributed by atoms with E-state index in [4.69, 9.17) is 4.74 Å². The minimum absolute atomic E-state index is 0.274. The third-order valence-electron chi connectivity index (χ3n) is 2.73. The van der Waals surface area contributed by atoms with E-state index in [2.05, 4.69) is 9.97 Å². The Hall–Kier alpha value is -2.17. The van der Waals surface area contributed by atoms with Crippen LogP contribution < -0.4 is 10.3 Å². The van der Waals surface area contributed by atoms with Crippen molar-refractivity contribution in [3.63, 3.8) is 0 Å². The van der Waals surface area contributed by atoms with Gasteiger partial charge in [0.25, 0.3) is 5.56 Å². The third-order valence-corrected chi connectivity index (χ3v) is 2.73. The van der Waals surface area contributed by atoms with Gasteiger partial charge in [0.2, 0.25) is 0 Å². The molecule has 0 aliphatic carbocycles. The molecule has 1 heterocycles. The van der Waals surface area contributed by atoms with Crippen molar-refractivity contribution in [2.75, 3.05) is 7.11 Å². The van der Waals surface area contributed by atoms with Crippen LogP contribution in [0.15, 0.2) is 29.1 Å². The van der Waals surface area contributed by atoms with E-state index in [-0.39, 0.29) is 5.56 Å². The Morgan fingerprint density at radius 2 is 2.16 bits per heavy atom. The van der Waals surface area contributed by atoms with E-state index in [1.165, 1.54) is 19.2 Å². The van der Waals surface area contributed by atoms with Crippen molar-refractivity contribution in [1.29, 1.82) is 0 Å². The lowest BCUT2D eigenvalue weighted by Crippen LogP contribution is -2.11. The molecule has 1 aromatic heterocycles. The monoisotopic (exact) mass is 262 g/mol. The predicted octanol–water partition coefficient (Wildman–Crippen LogP) is 2.54. The molecule has 19 heavy (non-hydrogen) atoms. The van der Waals surface area contributed by atoms with Crippen LogP contribution >= 0.6 is 0 Å². The van der Waals surface area contributed by atoms with Crippen molar-refractivity contribution in [3.05, 3.63) is 46.3 Å². The van der Waals surface area contributed by atoms with E-state index < -0.39 is 5.82 Å². The number of halogens is 1. The summed E-state index contributed by atoms with van der Waals surface area (Å²) in [6.45, 7) is 1.99. The molecule has 4 nitrogen and oxygen atoms in total. The first kappa shape index (κ1) is 13.3. The van der Waals surface area contributed by atoms with Gasteiger partial charge >= 0.3 is 0 Å². The number of aromatic nitrogens is 2. The van der Waals surface area contributed by atoms with Gasteiger partial charge in [-0.1, -0.05) is 6.92 Å². The van der Waals surface area contributed by atoms with Crippen molar-refractivity contribution < 1.29 is 9.13 Å². The van der Waals surface area contributed by atoms with Gasteiger partial charge in [0, 0.05) is 24.1 Å². The van der Waals surface area contributed by atoms with Crippen LogP contribution in [0, 0.1) is 5.82 Å². The second-order valence-electron chi connectivity index (χ2n) is 4.17. The number of H-pyrrole nitrogens is 1. The lowest BCUT2D eigenvalue weighted by molar-refractivity contribution is 0.411. The highest BCUT2D eigenvalue weighted by Crippen LogP contribution is 2.24. The van der Waals surface area contributed by atoms with Crippen LogP contribution in [-0.4, -0.2) is 17.1 Å². The zero-order valence-corrected chi connectivity index (χ0v) is 10.9. The van der Waals surface area contributed by atoms with Gasteiger partial charge in [-0.2, -0.15) is 0 Å². The van der Waals surface area contributed by atoms with Crippen LogP contribution in [0.5, 0.6) is 5.75 Å². The topological polar surface area (TPSA) is 55.0 Å². The number of hydrogen-bond donors (Lipinski definition) is 1. The molecule has 0 saturated heterocycles. The highest BCUT2D eigenvalue weighted by molar-refractivity contribution is 5.60. The molecule has 0 saturated carbocycles. The summed E-state index contributed by atoms with van der Waals surface area (Å²) in [5.74, 6) is 0.542. The molecule has 0 amide bonds. The Morgan fingerprint density at radius 1 is 1.37 bits per heavy atom. The van der Waals surface area contributed by atoms with Gasteiger partial charge in [0.1, 0.15) is 17.4 Å². The standard InChI is InChI=1S/C14H15FN2O2/c1-3-4-13-16-12(8-14(18)17-13)10-6-5-9(19-2)7-11(10)15/h5-8H,3-4H2,1-2H3,(H,16,17,18). The Bertz CT molecular complexity index is 638. The van der Waals surface area contributed by atoms with E-state index in [9.17, 15) is 9.18 Å². The summed E-state index contributed by atoms with van der Waals surface area (Å²) in [6.07, 6.45) is 1.51. The first-order valence-corrected chi connectivity index (χ1v) is 6.08. The Kier molecular flexibility index (Phi) is 3.94. The summed E-state index contributed by atoms with van der Waals surface area (Å²) >= 11 is 0. The summed E-state index contributed by atoms with van der Waals surface area (Å²) in [5, 5.41) is 0. The van der Waals surface area contributed by atoms with Gasteiger partial charge in [-0.15, -0.1) is 0 Å². The molecular weight excluding hydrogens is 247 g/mol. The molecule has 100 valence electrons. The highest BCUT2D eigenvalue weighted by Gasteiger charge is 2.10. The molecule has 0 fully saturated rings. The molecule has 5 heteroatoms. The van der Waals surface area contributed by atoms with Crippen LogP contribution in [0.2, 0.25) is 0 Å². The van der Waals surface area contributed by atoms with Gasteiger partial charge < -0.3 is 9.72 Å². The molecule has 2 aromatic rings. The number of nitrogens with zero attached hydrogens (tertiary/aromatic N) is 1. The Balaban J connectivity index is 2.49. The van der Waals surface area contributed by atoms with Crippen LogP contribution in [0.3, 0.4) is 0 Å². The van der Waals surface area contributed by atoms with Crippen LogP contribution in [0.1, 0.15) is 19.2 Å². The maximum Gasteiger partial charge on any atom is 0.251 e. The molecular formula is C14H15FN2O2. The fourth-order valence-corrected chi connectivity index (χ4v) is 1.83. The summed E-state index contributed by atoms with van der Waals surface area (Å²) < 4.78 is 18.9. The molecule has 2 rings (SSSR count). The quantitative estimate of drug-likeness (QED) is 0.921. The fourth-order valence-electron chi connectivity index (χ4n) is 1.83. The summed E-state index contributed by atoms with van der Waals surface area (Å²) in [5.41, 5.74) is 0.361. The molecule has 0 aliphatic rings. The van der Waals surface area contributed by atoms with E-state index >= 15 is 0 Å². The van der Waals surface area contributed by atoms with Crippen LogP contribution in [-0.2, 0) is 6.42 Å². The van der Waals surface area contributed by atoms with Crippen molar-refractivity contribution in [1.82, 2.24) is 9.97 Å². The molecule has 0 radical (unpaired) electrons. The van der Waals surface area contributed by atoms with Gasteiger partial charge in [0.15, 0.2) is 0 Å². The van der Waals surface area contributed by atoms with Crippen molar-refractivity contribution in [3.8, 4) is 17.0 Å². The van der Waals surface area contributed by atoms with Crippen molar-refractivity contribution >= 4 is 0 Å². The van der Waals surface area contributed by atoms with Crippen molar-refractivity contribution in [2.24, 2.45) is 0 Å². The number of aryl methyl sites for hydroxylation is 1.